The second kappa shape index (κ2) is 10.9. The second-order valence-corrected chi connectivity index (χ2v) is 9.37. The number of rotatable bonds is 8. The molecular formula is C27H21F8N3O3. The van der Waals surface area contributed by atoms with Gasteiger partial charge in [0.2, 0.25) is 0 Å². The fourth-order valence-electron chi connectivity index (χ4n) is 4.20. The van der Waals surface area contributed by atoms with E-state index in [1.165, 1.54) is 53.4 Å². The molecule has 2 aromatic carbocycles. The molecule has 3 aromatic rings. The molecule has 1 amide bonds. The Labute approximate surface area is 228 Å². The first kappa shape index (κ1) is 29.6. The van der Waals surface area contributed by atoms with Crippen LogP contribution in [0.25, 0.3) is 0 Å². The van der Waals surface area contributed by atoms with Crippen LogP contribution in [0.4, 0.5) is 40.8 Å². The van der Waals surface area contributed by atoms with Crippen molar-refractivity contribution in [3.8, 4) is 11.5 Å². The van der Waals surface area contributed by atoms with E-state index in [1.807, 2.05) is 0 Å². The van der Waals surface area contributed by atoms with Gasteiger partial charge in [-0.1, -0.05) is 18.2 Å². The lowest BCUT2D eigenvalue weighted by Crippen LogP contribution is -2.40. The van der Waals surface area contributed by atoms with E-state index < -0.39 is 48.1 Å². The van der Waals surface area contributed by atoms with E-state index in [2.05, 4.69) is 19.8 Å². The highest BCUT2D eigenvalue weighted by atomic mass is 19.4. The third-order valence-electron chi connectivity index (χ3n) is 6.05. The number of nitrogens with zero attached hydrogens (tertiary/aromatic N) is 2. The lowest BCUT2D eigenvalue weighted by molar-refractivity contribution is -0.274. The number of carbonyl (C=O) groups is 1. The number of nitrogens with one attached hydrogen (secondary N) is 1. The van der Waals surface area contributed by atoms with Crippen molar-refractivity contribution in [3.05, 3.63) is 95.5 Å². The summed E-state index contributed by atoms with van der Waals surface area (Å²) < 4.78 is 111. The Bertz CT molecular complexity index is 1420. The maximum Gasteiger partial charge on any atom is 0.573 e. The molecule has 0 spiro atoms. The van der Waals surface area contributed by atoms with Crippen molar-refractivity contribution < 1.29 is 49.4 Å². The number of ether oxygens (including phenoxy) is 2. The number of anilines is 1. The molecule has 0 saturated carbocycles. The maximum atomic E-state index is 13.6. The number of carbonyl (C=O) groups excluding carboxylic acids is 1. The molecule has 0 fully saturated rings. The molecule has 1 N–H and O–H groups in total. The van der Waals surface area contributed by atoms with Crippen LogP contribution in [0.3, 0.4) is 0 Å². The van der Waals surface area contributed by atoms with E-state index >= 15 is 0 Å². The molecule has 1 unspecified atom stereocenters. The van der Waals surface area contributed by atoms with Crippen molar-refractivity contribution in [2.75, 3.05) is 4.90 Å². The fourth-order valence-corrected chi connectivity index (χ4v) is 4.20. The highest BCUT2D eigenvalue weighted by Gasteiger charge is 2.38. The lowest BCUT2D eigenvalue weighted by atomic mass is 9.95. The third kappa shape index (κ3) is 7.05. The standard InChI is InChI=1S/C27H21F8N3O3/c1-25(2,16-6-11-22(36-14-16)26(30,31)32)37-20-13-21(15-4-3-5-19(12-15)40-24(28)29)38(23(20)39)17-7-9-18(10-8-17)41-27(33,34)35/h3-14,21,24,37H,1-2H3. The SMILES string of the molecule is CC(C)(NC1=CC(c2cccc(OC(F)F)c2)N(c2ccc(OC(F)(F)F)cc2)C1=O)c1ccc(C(F)(F)F)nc1. The molecule has 1 aromatic heterocycles. The zero-order chi connectivity index (χ0) is 30.2. The fraction of sp³-hybridized carbons (Fsp3) is 0.259. The third-order valence-corrected chi connectivity index (χ3v) is 6.05. The minimum absolute atomic E-state index is 0.00398. The summed E-state index contributed by atoms with van der Waals surface area (Å²) in [6.45, 7) is 0.0889. The number of amides is 1. The lowest BCUT2D eigenvalue weighted by Gasteiger charge is -2.29. The van der Waals surface area contributed by atoms with Crippen molar-refractivity contribution in [2.45, 2.75) is 44.6 Å². The summed E-state index contributed by atoms with van der Waals surface area (Å²) in [7, 11) is 0. The van der Waals surface area contributed by atoms with Gasteiger partial charge >= 0.3 is 19.2 Å². The van der Waals surface area contributed by atoms with E-state index in [0.717, 1.165) is 24.4 Å². The largest absolute Gasteiger partial charge is 0.573 e. The molecule has 1 aliphatic heterocycles. The number of hydrogen-bond acceptors (Lipinski definition) is 5. The van der Waals surface area contributed by atoms with Gasteiger partial charge in [0.05, 0.1) is 17.3 Å². The zero-order valence-corrected chi connectivity index (χ0v) is 21.2. The summed E-state index contributed by atoms with van der Waals surface area (Å²) in [5.41, 5.74) is -1.42. The van der Waals surface area contributed by atoms with Gasteiger partial charge in [0.15, 0.2) is 0 Å². The monoisotopic (exact) mass is 587 g/mol. The molecule has 4 rings (SSSR count). The van der Waals surface area contributed by atoms with E-state index in [9.17, 15) is 39.9 Å². The Morgan fingerprint density at radius 1 is 0.927 bits per heavy atom. The molecule has 0 saturated heterocycles. The van der Waals surface area contributed by atoms with Crippen molar-refractivity contribution in [3.63, 3.8) is 0 Å². The highest BCUT2D eigenvalue weighted by molar-refractivity contribution is 6.09. The van der Waals surface area contributed by atoms with Gasteiger partial charge in [0.25, 0.3) is 5.91 Å². The van der Waals surface area contributed by atoms with Crippen LogP contribution in [-0.4, -0.2) is 23.9 Å². The first-order valence-electron chi connectivity index (χ1n) is 11.8. The quantitative estimate of drug-likeness (QED) is 0.285. The number of hydrogen-bond donors (Lipinski definition) is 1. The maximum absolute atomic E-state index is 13.6. The van der Waals surface area contributed by atoms with Crippen LogP contribution < -0.4 is 19.7 Å². The van der Waals surface area contributed by atoms with E-state index in [-0.39, 0.29) is 17.1 Å². The van der Waals surface area contributed by atoms with E-state index in [4.69, 9.17) is 0 Å². The molecule has 0 bridgehead atoms. The summed E-state index contributed by atoms with van der Waals surface area (Å²) in [5, 5.41) is 2.99. The number of benzene rings is 2. The van der Waals surface area contributed by atoms with Gasteiger partial charge in [-0.25, -0.2) is 0 Å². The summed E-state index contributed by atoms with van der Waals surface area (Å²) in [5.74, 6) is -1.36. The van der Waals surface area contributed by atoms with Crippen LogP contribution in [0.1, 0.15) is 36.7 Å². The number of pyridine rings is 1. The van der Waals surface area contributed by atoms with Crippen LogP contribution >= 0.6 is 0 Å². The summed E-state index contributed by atoms with van der Waals surface area (Å²) >= 11 is 0. The molecular weight excluding hydrogens is 566 g/mol. The number of alkyl halides is 8. The summed E-state index contributed by atoms with van der Waals surface area (Å²) in [6, 6.07) is 11.1. The molecule has 6 nitrogen and oxygen atoms in total. The average molecular weight is 587 g/mol. The minimum atomic E-state index is -4.93. The molecule has 0 radical (unpaired) electrons. The molecule has 0 aliphatic carbocycles. The Balaban J connectivity index is 1.69. The normalized spacial score (nSPS) is 16.2. The number of aromatic nitrogens is 1. The average Bonchev–Trinajstić information content (AvgIpc) is 3.18. The van der Waals surface area contributed by atoms with E-state index in [1.54, 1.807) is 13.8 Å². The topological polar surface area (TPSA) is 63.7 Å². The Morgan fingerprint density at radius 3 is 2.17 bits per heavy atom. The van der Waals surface area contributed by atoms with Crippen LogP contribution in [-0.2, 0) is 16.5 Å². The van der Waals surface area contributed by atoms with Gasteiger partial charge in [0.1, 0.15) is 17.2 Å². The molecule has 2 heterocycles. The van der Waals surface area contributed by atoms with Crippen molar-refractivity contribution in [1.29, 1.82) is 0 Å². The predicted molar refractivity (Wildman–Crippen MR) is 130 cm³/mol. The van der Waals surface area contributed by atoms with Gasteiger partial charge < -0.3 is 14.8 Å². The zero-order valence-electron chi connectivity index (χ0n) is 21.2. The predicted octanol–water partition coefficient (Wildman–Crippen LogP) is 7.10. The molecule has 41 heavy (non-hydrogen) atoms. The van der Waals surface area contributed by atoms with Gasteiger partial charge in [-0.15, -0.1) is 13.2 Å². The van der Waals surface area contributed by atoms with Crippen molar-refractivity contribution in [2.24, 2.45) is 0 Å². The van der Waals surface area contributed by atoms with Crippen molar-refractivity contribution >= 4 is 11.6 Å². The summed E-state index contributed by atoms with van der Waals surface area (Å²) in [4.78, 5) is 18.3. The second-order valence-electron chi connectivity index (χ2n) is 9.37. The van der Waals surface area contributed by atoms with E-state index in [0.29, 0.717) is 11.1 Å². The smallest absolute Gasteiger partial charge is 0.435 e. The molecule has 14 heteroatoms. The highest BCUT2D eigenvalue weighted by Crippen LogP contribution is 2.39. The first-order valence-corrected chi connectivity index (χ1v) is 11.8. The van der Waals surface area contributed by atoms with Crippen LogP contribution in [0.15, 0.2) is 78.6 Å². The van der Waals surface area contributed by atoms with Gasteiger partial charge in [-0.3, -0.25) is 14.7 Å². The Hall–Kier alpha value is -4.36. The van der Waals surface area contributed by atoms with Crippen molar-refractivity contribution in [1.82, 2.24) is 10.3 Å². The van der Waals surface area contributed by atoms with Gasteiger partial charge in [0, 0.05) is 11.9 Å². The van der Waals surface area contributed by atoms with Gasteiger partial charge in [-0.2, -0.15) is 22.0 Å². The molecule has 1 aliphatic rings. The summed E-state index contributed by atoms with van der Waals surface area (Å²) in [6.07, 6.45) is -7.09. The number of halogens is 8. The van der Waals surface area contributed by atoms with Crippen LogP contribution in [0.2, 0.25) is 0 Å². The molecule has 218 valence electrons. The van der Waals surface area contributed by atoms with Gasteiger partial charge in [-0.05, 0) is 73.5 Å². The Morgan fingerprint density at radius 2 is 1.61 bits per heavy atom. The van der Waals surface area contributed by atoms with Crippen LogP contribution in [0.5, 0.6) is 11.5 Å². The first-order chi connectivity index (χ1) is 19.0. The Kier molecular flexibility index (Phi) is 7.87. The molecule has 1 atom stereocenters. The van der Waals surface area contributed by atoms with Crippen LogP contribution in [0, 0.1) is 0 Å². The minimum Gasteiger partial charge on any atom is -0.435 e.